The quantitative estimate of drug-likeness (QED) is 0.819. The fourth-order valence-electron chi connectivity index (χ4n) is 1.97. The maximum Gasteiger partial charge on any atom is 0.0823 e. The van der Waals surface area contributed by atoms with Crippen LogP contribution in [-0.4, -0.2) is 13.7 Å². The summed E-state index contributed by atoms with van der Waals surface area (Å²) in [4.78, 5) is 0. The molecule has 2 nitrogen and oxygen atoms in total. The molecule has 1 aromatic carbocycles. The molecule has 2 N–H and O–H groups in total. The number of hydrogen-bond acceptors (Lipinski definition) is 2. The molecular weight excluding hydrogens is 210 g/mol. The molecule has 96 valence electrons. The first-order valence-corrected chi connectivity index (χ1v) is 6.41. The molecule has 1 aromatic rings. The van der Waals surface area contributed by atoms with E-state index in [0.717, 1.165) is 6.42 Å². The Morgan fingerprint density at radius 2 is 1.59 bits per heavy atom. The van der Waals surface area contributed by atoms with E-state index in [-0.39, 0.29) is 6.10 Å². The van der Waals surface area contributed by atoms with Crippen LogP contribution in [-0.2, 0) is 4.74 Å². The van der Waals surface area contributed by atoms with E-state index >= 15 is 0 Å². The second kappa shape index (κ2) is 6.77. The van der Waals surface area contributed by atoms with Crippen molar-refractivity contribution >= 4 is 0 Å². The van der Waals surface area contributed by atoms with Crippen LogP contribution in [0.5, 0.6) is 0 Å². The fraction of sp³-hybridized carbons (Fsp3) is 0.600. The highest BCUT2D eigenvalue weighted by Crippen LogP contribution is 2.25. The van der Waals surface area contributed by atoms with Gasteiger partial charge >= 0.3 is 0 Å². The van der Waals surface area contributed by atoms with Crippen LogP contribution < -0.4 is 5.73 Å². The Morgan fingerprint density at radius 1 is 1.06 bits per heavy atom. The van der Waals surface area contributed by atoms with Gasteiger partial charge in [-0.15, -0.1) is 0 Å². The third kappa shape index (κ3) is 4.14. The summed E-state index contributed by atoms with van der Waals surface area (Å²) in [5.74, 6) is 1.07. The van der Waals surface area contributed by atoms with E-state index in [1.54, 1.807) is 7.11 Å². The van der Waals surface area contributed by atoms with E-state index in [1.165, 1.54) is 11.1 Å². The normalized spacial score (nSPS) is 14.9. The van der Waals surface area contributed by atoms with E-state index in [1.807, 2.05) is 0 Å². The third-order valence-electron chi connectivity index (χ3n) is 3.20. The molecule has 0 bridgehead atoms. The van der Waals surface area contributed by atoms with Gasteiger partial charge in [0.25, 0.3) is 0 Å². The van der Waals surface area contributed by atoms with Gasteiger partial charge in [0, 0.05) is 7.11 Å². The second-order valence-corrected chi connectivity index (χ2v) is 5.16. The molecule has 0 amide bonds. The van der Waals surface area contributed by atoms with Crippen LogP contribution in [0.3, 0.4) is 0 Å². The average molecular weight is 235 g/mol. The lowest BCUT2D eigenvalue weighted by molar-refractivity contribution is 0.0845. The van der Waals surface area contributed by atoms with E-state index < -0.39 is 0 Å². The molecule has 0 spiro atoms. The second-order valence-electron chi connectivity index (χ2n) is 5.16. The molecule has 0 heterocycles. The highest BCUT2D eigenvalue weighted by Gasteiger charge is 2.12. The van der Waals surface area contributed by atoms with Crippen LogP contribution in [0.25, 0.3) is 0 Å². The average Bonchev–Trinajstić information content (AvgIpc) is 2.35. The Bertz CT molecular complexity index is 318. The van der Waals surface area contributed by atoms with E-state index in [2.05, 4.69) is 45.0 Å². The maximum absolute atomic E-state index is 5.67. The SMILES string of the molecule is CO[C@@H](CC(C)C)c1ccc([C@@H](C)CN)cc1. The summed E-state index contributed by atoms with van der Waals surface area (Å²) in [5.41, 5.74) is 8.23. The first-order chi connectivity index (χ1) is 8.08. The Labute approximate surface area is 105 Å². The van der Waals surface area contributed by atoms with Crippen molar-refractivity contribution in [1.29, 1.82) is 0 Å². The lowest BCUT2D eigenvalue weighted by Crippen LogP contribution is -2.09. The van der Waals surface area contributed by atoms with Crippen molar-refractivity contribution in [1.82, 2.24) is 0 Å². The summed E-state index contributed by atoms with van der Waals surface area (Å²) < 4.78 is 5.55. The molecule has 0 saturated heterocycles. The molecular formula is C15H25NO. The van der Waals surface area contributed by atoms with Crippen molar-refractivity contribution in [2.75, 3.05) is 13.7 Å². The Balaban J connectivity index is 2.77. The molecule has 0 unspecified atom stereocenters. The van der Waals surface area contributed by atoms with Gasteiger partial charge in [-0.25, -0.2) is 0 Å². The Hall–Kier alpha value is -0.860. The number of rotatable bonds is 6. The molecule has 17 heavy (non-hydrogen) atoms. The van der Waals surface area contributed by atoms with Gasteiger partial charge in [0.2, 0.25) is 0 Å². The summed E-state index contributed by atoms with van der Waals surface area (Å²) in [6, 6.07) is 8.66. The van der Waals surface area contributed by atoms with Crippen molar-refractivity contribution in [2.45, 2.75) is 39.2 Å². The van der Waals surface area contributed by atoms with Gasteiger partial charge in [0.05, 0.1) is 6.10 Å². The van der Waals surface area contributed by atoms with Gasteiger partial charge in [0.15, 0.2) is 0 Å². The first kappa shape index (κ1) is 14.2. The first-order valence-electron chi connectivity index (χ1n) is 6.41. The van der Waals surface area contributed by atoms with Gasteiger partial charge < -0.3 is 10.5 Å². The molecule has 0 fully saturated rings. The van der Waals surface area contributed by atoms with Crippen LogP contribution >= 0.6 is 0 Å². The predicted octanol–water partition coefficient (Wildman–Crippen LogP) is 3.48. The topological polar surface area (TPSA) is 35.2 Å². The molecule has 0 saturated carbocycles. The summed E-state index contributed by atoms with van der Waals surface area (Å²) in [6.45, 7) is 7.28. The zero-order chi connectivity index (χ0) is 12.8. The number of benzene rings is 1. The number of methoxy groups -OCH3 is 1. The van der Waals surface area contributed by atoms with Crippen LogP contribution in [0.2, 0.25) is 0 Å². The minimum Gasteiger partial charge on any atom is -0.377 e. The predicted molar refractivity (Wildman–Crippen MR) is 73.1 cm³/mol. The van der Waals surface area contributed by atoms with Crippen LogP contribution in [0, 0.1) is 5.92 Å². The largest absolute Gasteiger partial charge is 0.377 e. The summed E-state index contributed by atoms with van der Waals surface area (Å²) >= 11 is 0. The van der Waals surface area contributed by atoms with E-state index in [9.17, 15) is 0 Å². The van der Waals surface area contributed by atoms with Crippen LogP contribution in [0.1, 0.15) is 50.3 Å². The van der Waals surface area contributed by atoms with E-state index in [4.69, 9.17) is 10.5 Å². The zero-order valence-corrected chi connectivity index (χ0v) is 11.4. The van der Waals surface area contributed by atoms with Gasteiger partial charge in [-0.3, -0.25) is 0 Å². The van der Waals surface area contributed by atoms with Crippen molar-refractivity contribution in [3.05, 3.63) is 35.4 Å². The molecule has 0 aliphatic rings. The molecule has 1 rings (SSSR count). The zero-order valence-electron chi connectivity index (χ0n) is 11.4. The van der Waals surface area contributed by atoms with Crippen molar-refractivity contribution in [3.8, 4) is 0 Å². The minimum absolute atomic E-state index is 0.206. The molecule has 0 aromatic heterocycles. The van der Waals surface area contributed by atoms with Gasteiger partial charge in [-0.05, 0) is 35.9 Å². The highest BCUT2D eigenvalue weighted by atomic mass is 16.5. The van der Waals surface area contributed by atoms with Crippen LogP contribution in [0.15, 0.2) is 24.3 Å². The smallest absolute Gasteiger partial charge is 0.0823 e. The van der Waals surface area contributed by atoms with Crippen LogP contribution in [0.4, 0.5) is 0 Å². The van der Waals surface area contributed by atoms with Crippen molar-refractivity contribution < 1.29 is 4.74 Å². The summed E-state index contributed by atoms with van der Waals surface area (Å²) in [7, 11) is 1.78. The monoisotopic (exact) mass is 235 g/mol. The number of nitrogens with two attached hydrogens (primary N) is 1. The molecule has 0 aliphatic heterocycles. The van der Waals surface area contributed by atoms with Gasteiger partial charge in [0.1, 0.15) is 0 Å². The summed E-state index contributed by atoms with van der Waals surface area (Å²) in [6.07, 6.45) is 1.26. The lowest BCUT2D eigenvalue weighted by Gasteiger charge is -2.19. The van der Waals surface area contributed by atoms with E-state index in [0.29, 0.717) is 18.4 Å². The maximum atomic E-state index is 5.67. The van der Waals surface area contributed by atoms with Gasteiger partial charge in [-0.2, -0.15) is 0 Å². The molecule has 2 atom stereocenters. The minimum atomic E-state index is 0.206. The lowest BCUT2D eigenvalue weighted by atomic mass is 9.95. The highest BCUT2D eigenvalue weighted by molar-refractivity contribution is 5.26. The molecule has 2 heteroatoms. The number of hydrogen-bond donors (Lipinski definition) is 1. The third-order valence-corrected chi connectivity index (χ3v) is 3.20. The standard InChI is InChI=1S/C15H25NO/c1-11(2)9-15(17-4)14-7-5-13(6-8-14)12(3)10-16/h5-8,11-12,15H,9-10,16H2,1-4H3/t12-,15-/m0/s1. The van der Waals surface area contributed by atoms with Crippen molar-refractivity contribution in [3.63, 3.8) is 0 Å². The molecule has 0 aliphatic carbocycles. The Kier molecular flexibility index (Phi) is 5.66. The summed E-state index contributed by atoms with van der Waals surface area (Å²) in [5, 5.41) is 0. The fourth-order valence-corrected chi connectivity index (χ4v) is 1.97. The van der Waals surface area contributed by atoms with Gasteiger partial charge in [-0.1, -0.05) is 45.0 Å². The Morgan fingerprint density at radius 3 is 2.00 bits per heavy atom. The number of ether oxygens (including phenoxy) is 1. The van der Waals surface area contributed by atoms with Crippen molar-refractivity contribution in [2.24, 2.45) is 11.7 Å². The molecule has 0 radical (unpaired) electrons.